The van der Waals surface area contributed by atoms with Gasteiger partial charge in [0.1, 0.15) is 6.54 Å². The molecule has 7 nitrogen and oxygen atoms in total. The molecule has 4 rings (SSSR count). The Hall–Kier alpha value is -4.00. The summed E-state index contributed by atoms with van der Waals surface area (Å²) in [6.45, 7) is 10.8. The van der Waals surface area contributed by atoms with Gasteiger partial charge in [0.15, 0.2) is 5.82 Å². The number of carbonyl (C=O) groups is 2. The summed E-state index contributed by atoms with van der Waals surface area (Å²) >= 11 is 0. The van der Waals surface area contributed by atoms with Crippen LogP contribution in [0.2, 0.25) is 0 Å². The molecule has 0 radical (unpaired) electrons. The number of hydrogen-bond donors (Lipinski definition) is 0. The maximum atomic E-state index is 13.2. The monoisotopic (exact) mass is 483 g/mol. The molecule has 0 bridgehead atoms. The van der Waals surface area contributed by atoms with Crippen LogP contribution in [0.1, 0.15) is 27.9 Å². The van der Waals surface area contributed by atoms with Crippen molar-refractivity contribution in [3.05, 3.63) is 90.0 Å². The first-order valence-corrected chi connectivity index (χ1v) is 12.4. The molecule has 186 valence electrons. The summed E-state index contributed by atoms with van der Waals surface area (Å²) in [5.41, 5.74) is 4.59. The Kier molecular flexibility index (Phi) is 8.10. The predicted molar refractivity (Wildman–Crippen MR) is 143 cm³/mol. The van der Waals surface area contributed by atoms with Crippen molar-refractivity contribution in [2.45, 2.75) is 20.3 Å². The number of rotatable bonds is 7. The highest BCUT2D eigenvalue weighted by Crippen LogP contribution is 2.20. The summed E-state index contributed by atoms with van der Waals surface area (Å²) in [7, 11) is 0. The lowest BCUT2D eigenvalue weighted by Gasteiger charge is -2.27. The van der Waals surface area contributed by atoms with Gasteiger partial charge in [0.05, 0.1) is 5.69 Å². The van der Waals surface area contributed by atoms with Crippen molar-refractivity contribution in [2.75, 3.05) is 44.2 Å². The van der Waals surface area contributed by atoms with Crippen molar-refractivity contribution in [1.29, 1.82) is 0 Å². The molecule has 3 aromatic rings. The third kappa shape index (κ3) is 5.97. The van der Waals surface area contributed by atoms with Crippen LogP contribution in [0.15, 0.2) is 73.3 Å². The number of amides is 2. The highest BCUT2D eigenvalue weighted by molar-refractivity contribution is 5.97. The summed E-state index contributed by atoms with van der Waals surface area (Å²) in [5.74, 6) is 0.603. The molecule has 0 saturated carbocycles. The number of aryl methyl sites for hydroxylation is 2. The summed E-state index contributed by atoms with van der Waals surface area (Å²) in [4.78, 5) is 31.9. The fraction of sp³-hybridized carbons (Fsp3) is 0.310. The van der Waals surface area contributed by atoms with E-state index in [4.69, 9.17) is 0 Å². The quantitative estimate of drug-likeness (QED) is 0.473. The van der Waals surface area contributed by atoms with Gasteiger partial charge in [0.2, 0.25) is 5.91 Å². The van der Waals surface area contributed by atoms with E-state index in [1.54, 1.807) is 17.0 Å². The van der Waals surface area contributed by atoms with E-state index in [1.165, 1.54) is 5.56 Å². The largest absolute Gasteiger partial charge is 0.353 e. The first-order valence-electron chi connectivity index (χ1n) is 12.4. The van der Waals surface area contributed by atoms with Crippen molar-refractivity contribution in [1.82, 2.24) is 20.0 Å². The van der Waals surface area contributed by atoms with E-state index >= 15 is 0 Å². The smallest absolute Gasteiger partial charge is 0.254 e. The van der Waals surface area contributed by atoms with Gasteiger partial charge in [-0.3, -0.25) is 9.59 Å². The summed E-state index contributed by atoms with van der Waals surface area (Å²) < 4.78 is 0. The molecular formula is C29H33N5O2. The van der Waals surface area contributed by atoms with Gasteiger partial charge in [-0.25, -0.2) is 0 Å². The maximum absolute atomic E-state index is 13.2. The Morgan fingerprint density at radius 3 is 2.42 bits per heavy atom. The molecule has 0 atom stereocenters. The van der Waals surface area contributed by atoms with Crippen LogP contribution in [0.25, 0.3) is 11.3 Å². The first-order chi connectivity index (χ1) is 17.5. The number of benzene rings is 2. The number of hydrogen-bond acceptors (Lipinski definition) is 5. The summed E-state index contributed by atoms with van der Waals surface area (Å²) in [5, 5.41) is 8.89. The molecule has 0 unspecified atom stereocenters. The Morgan fingerprint density at radius 1 is 0.944 bits per heavy atom. The normalized spacial score (nSPS) is 13.7. The number of aromatic nitrogens is 2. The van der Waals surface area contributed by atoms with Gasteiger partial charge in [-0.2, -0.15) is 0 Å². The molecule has 2 heterocycles. The molecule has 1 fully saturated rings. The van der Waals surface area contributed by atoms with Crippen LogP contribution in [-0.4, -0.2) is 71.1 Å². The number of nitrogens with zero attached hydrogens (tertiary/aromatic N) is 5. The van der Waals surface area contributed by atoms with Crippen LogP contribution in [0, 0.1) is 13.8 Å². The Bertz CT molecular complexity index is 1210. The van der Waals surface area contributed by atoms with Crippen LogP contribution in [0.3, 0.4) is 0 Å². The second-order valence-corrected chi connectivity index (χ2v) is 9.15. The second-order valence-electron chi connectivity index (χ2n) is 9.15. The van der Waals surface area contributed by atoms with Gasteiger partial charge in [0, 0.05) is 43.9 Å². The molecule has 7 heteroatoms. The maximum Gasteiger partial charge on any atom is 0.254 e. The van der Waals surface area contributed by atoms with E-state index in [2.05, 4.69) is 40.7 Å². The minimum Gasteiger partial charge on any atom is -0.353 e. The Labute approximate surface area is 213 Å². The fourth-order valence-corrected chi connectivity index (χ4v) is 4.39. The van der Waals surface area contributed by atoms with Gasteiger partial charge in [-0.15, -0.1) is 16.8 Å². The summed E-state index contributed by atoms with van der Waals surface area (Å²) in [6, 6.07) is 19.7. The lowest BCUT2D eigenvalue weighted by atomic mass is 10.1. The topological polar surface area (TPSA) is 69.6 Å². The summed E-state index contributed by atoms with van der Waals surface area (Å²) in [6.07, 6.45) is 2.48. The Balaban J connectivity index is 1.38. The lowest BCUT2D eigenvalue weighted by molar-refractivity contribution is -0.131. The van der Waals surface area contributed by atoms with Crippen LogP contribution < -0.4 is 4.90 Å². The molecule has 1 aliphatic rings. The van der Waals surface area contributed by atoms with Crippen molar-refractivity contribution in [3.63, 3.8) is 0 Å². The second kappa shape index (κ2) is 11.6. The third-order valence-corrected chi connectivity index (χ3v) is 6.51. The van der Waals surface area contributed by atoms with E-state index in [9.17, 15) is 9.59 Å². The SMILES string of the molecule is C=CCN(CC(=O)N1CCCN(c2ccc(-c3ccc(C)cc3)nn2)CC1)C(=O)c1ccccc1C. The first kappa shape index (κ1) is 25.1. The van der Waals surface area contributed by atoms with E-state index in [0.29, 0.717) is 31.7 Å². The van der Waals surface area contributed by atoms with E-state index in [-0.39, 0.29) is 18.4 Å². The van der Waals surface area contributed by atoms with Gasteiger partial charge in [-0.1, -0.05) is 54.1 Å². The zero-order valence-corrected chi connectivity index (χ0v) is 21.1. The molecule has 1 saturated heterocycles. The average Bonchev–Trinajstić information content (AvgIpc) is 3.15. The average molecular weight is 484 g/mol. The molecule has 1 aromatic heterocycles. The van der Waals surface area contributed by atoms with Crippen molar-refractivity contribution in [3.8, 4) is 11.3 Å². The van der Waals surface area contributed by atoms with E-state index < -0.39 is 0 Å². The molecule has 2 amide bonds. The standard InChI is InChI=1S/C29H33N5O2/c1-4-16-34(29(36)25-9-6-5-8-23(25)3)21-28(35)33-18-7-17-32(19-20-33)27-15-14-26(30-31-27)24-12-10-22(2)11-13-24/h4-6,8-15H,1,7,16-21H2,2-3H3. The number of carbonyl (C=O) groups excluding carboxylic acids is 2. The fourth-order valence-electron chi connectivity index (χ4n) is 4.39. The van der Waals surface area contributed by atoms with Crippen LogP contribution in [0.4, 0.5) is 5.82 Å². The van der Waals surface area contributed by atoms with Gasteiger partial charge in [-0.05, 0) is 44.0 Å². The van der Waals surface area contributed by atoms with E-state index in [0.717, 1.165) is 35.6 Å². The molecule has 1 aliphatic heterocycles. The minimum absolute atomic E-state index is 0.0320. The highest BCUT2D eigenvalue weighted by atomic mass is 16.2. The van der Waals surface area contributed by atoms with Crippen molar-refractivity contribution < 1.29 is 9.59 Å². The van der Waals surface area contributed by atoms with E-state index in [1.807, 2.05) is 54.3 Å². The van der Waals surface area contributed by atoms with Crippen LogP contribution in [-0.2, 0) is 4.79 Å². The zero-order chi connectivity index (χ0) is 25.5. The molecule has 36 heavy (non-hydrogen) atoms. The number of anilines is 1. The molecular weight excluding hydrogens is 450 g/mol. The molecule has 0 aliphatic carbocycles. The Morgan fingerprint density at radius 2 is 1.72 bits per heavy atom. The van der Waals surface area contributed by atoms with Crippen LogP contribution >= 0.6 is 0 Å². The zero-order valence-electron chi connectivity index (χ0n) is 21.1. The predicted octanol–water partition coefficient (Wildman–Crippen LogP) is 4.13. The van der Waals surface area contributed by atoms with Gasteiger partial charge < -0.3 is 14.7 Å². The highest BCUT2D eigenvalue weighted by Gasteiger charge is 2.24. The lowest BCUT2D eigenvalue weighted by Crippen LogP contribution is -2.44. The van der Waals surface area contributed by atoms with Crippen molar-refractivity contribution in [2.24, 2.45) is 0 Å². The molecule has 0 spiro atoms. The van der Waals surface area contributed by atoms with Gasteiger partial charge in [0.25, 0.3) is 5.91 Å². The van der Waals surface area contributed by atoms with Gasteiger partial charge >= 0.3 is 0 Å². The van der Waals surface area contributed by atoms with Crippen LogP contribution in [0.5, 0.6) is 0 Å². The molecule has 2 aromatic carbocycles. The molecule has 0 N–H and O–H groups in total. The minimum atomic E-state index is -0.151. The third-order valence-electron chi connectivity index (χ3n) is 6.51. The van der Waals surface area contributed by atoms with Crippen molar-refractivity contribution >= 4 is 17.6 Å².